The molecule has 0 atom stereocenters. The number of nitrogen functional groups attached to an aromatic ring is 1. The van der Waals surface area contributed by atoms with Crippen LogP contribution in [-0.4, -0.2) is 73.8 Å². The molecule has 0 spiro atoms. The molecule has 2 aromatic carbocycles. The lowest BCUT2D eigenvalue weighted by Gasteiger charge is -2.43. The van der Waals surface area contributed by atoms with Gasteiger partial charge in [0.25, 0.3) is 0 Å². The van der Waals surface area contributed by atoms with Crippen molar-refractivity contribution in [1.82, 2.24) is 24.3 Å². The Kier molecular flexibility index (Phi) is 7.49. The van der Waals surface area contributed by atoms with Crippen LogP contribution in [0.25, 0.3) is 22.2 Å². The maximum atomic E-state index is 10.2. The van der Waals surface area contributed by atoms with E-state index in [-0.39, 0.29) is 0 Å². The maximum Gasteiger partial charge on any atom is 0.146 e. The van der Waals surface area contributed by atoms with Crippen LogP contribution in [0.5, 0.6) is 11.5 Å². The van der Waals surface area contributed by atoms with E-state index in [0.717, 1.165) is 79.2 Å². The van der Waals surface area contributed by atoms with Gasteiger partial charge in [-0.1, -0.05) is 30.3 Å². The third kappa shape index (κ3) is 5.84. The highest BCUT2D eigenvalue weighted by atomic mass is 16.5. The zero-order chi connectivity index (χ0) is 27.7. The second-order valence-electron chi connectivity index (χ2n) is 11.9. The maximum absolute atomic E-state index is 10.2. The van der Waals surface area contributed by atoms with Crippen molar-refractivity contribution in [3.05, 3.63) is 67.1 Å². The molecular weight excluding hydrogens is 500 g/mol. The van der Waals surface area contributed by atoms with Gasteiger partial charge in [-0.25, -0.2) is 9.97 Å². The summed E-state index contributed by atoms with van der Waals surface area (Å²) in [6.07, 6.45) is 8.39. The first-order valence-electron chi connectivity index (χ1n) is 14.5. The number of para-hydroxylation sites is 1. The molecule has 1 aliphatic heterocycles. The number of nitrogens with zero attached hydrogens (tertiary/aromatic N) is 5. The molecule has 0 amide bonds. The molecule has 40 heavy (non-hydrogen) atoms. The van der Waals surface area contributed by atoms with Crippen molar-refractivity contribution in [2.24, 2.45) is 0 Å². The minimum absolute atomic E-state index is 0.388. The lowest BCUT2D eigenvalue weighted by atomic mass is 9.89. The Bertz CT molecular complexity index is 1410. The van der Waals surface area contributed by atoms with Crippen LogP contribution >= 0.6 is 0 Å². The van der Waals surface area contributed by atoms with Gasteiger partial charge in [0, 0.05) is 56.6 Å². The highest BCUT2D eigenvalue weighted by Crippen LogP contribution is 2.39. The molecule has 0 unspecified atom stereocenters. The predicted octanol–water partition coefficient (Wildman–Crippen LogP) is 5.35. The van der Waals surface area contributed by atoms with Crippen molar-refractivity contribution in [3.63, 3.8) is 0 Å². The molecule has 6 rings (SSSR count). The van der Waals surface area contributed by atoms with Gasteiger partial charge >= 0.3 is 0 Å². The fourth-order valence-corrected chi connectivity index (χ4v) is 6.47. The quantitative estimate of drug-likeness (QED) is 0.327. The van der Waals surface area contributed by atoms with Crippen LogP contribution < -0.4 is 10.5 Å². The Hall–Kier alpha value is -3.46. The Morgan fingerprint density at radius 1 is 0.875 bits per heavy atom. The molecule has 210 valence electrons. The number of hydrogen-bond acceptors (Lipinski definition) is 7. The molecule has 2 aliphatic rings. The standard InChI is InChI=1S/C32H40N6O2/c1-32(2,39)21-36-16-18-37(19-17-36)24-10-12-25(13-11-24)38-20-28(29-30(33)34-22-35-31(29)38)23-8-14-27(15-9-23)40-26-6-4-3-5-7-26/h3-9,14-15,20,22,24-25,39H,10-13,16-19,21H2,1-2H3,(H2,33,34,35)/t24-,25-. The fraction of sp³-hybridized carbons (Fsp3) is 0.438. The van der Waals surface area contributed by atoms with E-state index in [1.54, 1.807) is 6.33 Å². The molecule has 2 aromatic heterocycles. The highest BCUT2D eigenvalue weighted by Gasteiger charge is 2.31. The Labute approximate surface area is 236 Å². The number of β-amino-alcohol motifs (C(OH)–C–C–N with tert-alkyl or cyclic N) is 1. The largest absolute Gasteiger partial charge is 0.457 e. The number of aromatic nitrogens is 3. The summed E-state index contributed by atoms with van der Waals surface area (Å²) in [5.41, 5.74) is 8.83. The zero-order valence-electron chi connectivity index (χ0n) is 23.5. The number of ether oxygens (including phenoxy) is 1. The van der Waals surface area contributed by atoms with E-state index in [2.05, 4.69) is 37.7 Å². The van der Waals surface area contributed by atoms with Crippen LogP contribution in [0.3, 0.4) is 0 Å². The van der Waals surface area contributed by atoms with Gasteiger partial charge in [0.1, 0.15) is 29.3 Å². The van der Waals surface area contributed by atoms with E-state index < -0.39 is 5.60 Å². The van der Waals surface area contributed by atoms with Gasteiger partial charge in [-0.15, -0.1) is 0 Å². The molecule has 8 nitrogen and oxygen atoms in total. The highest BCUT2D eigenvalue weighted by molar-refractivity contribution is 6.00. The number of rotatable bonds is 7. The van der Waals surface area contributed by atoms with Gasteiger partial charge in [-0.2, -0.15) is 0 Å². The SMILES string of the molecule is CC(C)(O)CN1CCN([C@H]2CC[C@H](n3cc(-c4ccc(Oc5ccccc5)cc4)c4c(N)ncnc43)CC2)CC1. The number of hydrogen-bond donors (Lipinski definition) is 2. The van der Waals surface area contributed by atoms with Crippen molar-refractivity contribution < 1.29 is 9.84 Å². The number of aliphatic hydroxyl groups is 1. The molecule has 1 saturated heterocycles. The van der Waals surface area contributed by atoms with Crippen molar-refractivity contribution in [2.75, 3.05) is 38.5 Å². The monoisotopic (exact) mass is 540 g/mol. The smallest absolute Gasteiger partial charge is 0.146 e. The summed E-state index contributed by atoms with van der Waals surface area (Å²) in [6, 6.07) is 19.0. The number of piperazine rings is 1. The van der Waals surface area contributed by atoms with Gasteiger partial charge in [0.2, 0.25) is 0 Å². The molecule has 3 heterocycles. The third-order valence-electron chi connectivity index (χ3n) is 8.38. The average Bonchev–Trinajstić information content (AvgIpc) is 3.35. The van der Waals surface area contributed by atoms with Gasteiger partial charge in [0.05, 0.1) is 11.0 Å². The summed E-state index contributed by atoms with van der Waals surface area (Å²) in [6.45, 7) is 8.74. The topological polar surface area (TPSA) is 92.7 Å². The van der Waals surface area contributed by atoms with E-state index in [1.807, 2.05) is 56.3 Å². The number of anilines is 1. The summed E-state index contributed by atoms with van der Waals surface area (Å²) in [7, 11) is 0. The first-order chi connectivity index (χ1) is 19.3. The lowest BCUT2D eigenvalue weighted by molar-refractivity contribution is 0.00628. The molecule has 1 saturated carbocycles. The Balaban J connectivity index is 1.16. The van der Waals surface area contributed by atoms with Gasteiger partial charge in [-0.05, 0) is 69.4 Å². The molecule has 3 N–H and O–H groups in total. The van der Waals surface area contributed by atoms with Crippen LogP contribution in [0.2, 0.25) is 0 Å². The Morgan fingerprint density at radius 3 is 2.20 bits per heavy atom. The second kappa shape index (κ2) is 11.2. The van der Waals surface area contributed by atoms with Crippen LogP contribution in [0.15, 0.2) is 67.1 Å². The average molecular weight is 541 g/mol. The molecule has 1 aliphatic carbocycles. The normalized spacial score (nSPS) is 21.1. The lowest BCUT2D eigenvalue weighted by Crippen LogP contribution is -2.53. The van der Waals surface area contributed by atoms with Crippen LogP contribution in [0.4, 0.5) is 5.82 Å². The van der Waals surface area contributed by atoms with E-state index >= 15 is 0 Å². The molecular formula is C32H40N6O2. The molecule has 8 heteroatoms. The minimum Gasteiger partial charge on any atom is -0.457 e. The van der Waals surface area contributed by atoms with Crippen molar-refractivity contribution in [2.45, 2.75) is 57.2 Å². The number of nitrogens with two attached hydrogens (primary N) is 1. The van der Waals surface area contributed by atoms with Crippen LogP contribution in [0.1, 0.15) is 45.6 Å². The van der Waals surface area contributed by atoms with E-state index in [1.165, 1.54) is 12.8 Å². The summed E-state index contributed by atoms with van der Waals surface area (Å²) < 4.78 is 8.34. The summed E-state index contributed by atoms with van der Waals surface area (Å²) in [5.74, 6) is 2.12. The predicted molar refractivity (Wildman–Crippen MR) is 159 cm³/mol. The van der Waals surface area contributed by atoms with Crippen molar-refractivity contribution in [3.8, 4) is 22.6 Å². The summed E-state index contributed by atoms with van der Waals surface area (Å²) in [4.78, 5) is 14.1. The molecule has 2 fully saturated rings. The fourth-order valence-electron chi connectivity index (χ4n) is 6.47. The first-order valence-corrected chi connectivity index (χ1v) is 14.5. The van der Waals surface area contributed by atoms with Crippen molar-refractivity contribution in [1.29, 1.82) is 0 Å². The molecule has 0 radical (unpaired) electrons. The molecule has 0 bridgehead atoms. The number of fused-ring (bicyclic) bond motifs is 1. The van der Waals surface area contributed by atoms with Crippen LogP contribution in [0, 0.1) is 0 Å². The van der Waals surface area contributed by atoms with Gasteiger partial charge < -0.3 is 20.1 Å². The molecule has 4 aromatic rings. The van der Waals surface area contributed by atoms with Gasteiger partial charge in [0.15, 0.2) is 0 Å². The summed E-state index contributed by atoms with van der Waals surface area (Å²) in [5, 5.41) is 11.1. The Morgan fingerprint density at radius 2 is 1.52 bits per heavy atom. The van der Waals surface area contributed by atoms with Gasteiger partial charge in [-0.3, -0.25) is 9.80 Å². The zero-order valence-corrected chi connectivity index (χ0v) is 23.5. The minimum atomic E-state index is -0.635. The van der Waals surface area contributed by atoms with Crippen molar-refractivity contribution >= 4 is 16.9 Å². The number of benzene rings is 2. The second-order valence-corrected chi connectivity index (χ2v) is 11.9. The van der Waals surface area contributed by atoms with E-state index in [4.69, 9.17) is 15.5 Å². The van der Waals surface area contributed by atoms with Crippen LogP contribution in [-0.2, 0) is 0 Å². The van der Waals surface area contributed by atoms with E-state index in [9.17, 15) is 5.11 Å². The first kappa shape index (κ1) is 26.7. The summed E-state index contributed by atoms with van der Waals surface area (Å²) >= 11 is 0. The van der Waals surface area contributed by atoms with E-state index in [0.29, 0.717) is 17.9 Å². The third-order valence-corrected chi connectivity index (χ3v) is 8.38.